The number of ketones is 1. The van der Waals surface area contributed by atoms with E-state index in [0.29, 0.717) is 5.78 Å². The Bertz CT molecular complexity index is 312. The van der Waals surface area contributed by atoms with Gasteiger partial charge in [0.1, 0.15) is 5.78 Å². The summed E-state index contributed by atoms with van der Waals surface area (Å²) in [5.41, 5.74) is 1.47. The van der Waals surface area contributed by atoms with E-state index >= 15 is 0 Å². The van der Waals surface area contributed by atoms with Crippen molar-refractivity contribution in [2.45, 2.75) is 119 Å². The van der Waals surface area contributed by atoms with Crippen molar-refractivity contribution in [3.05, 3.63) is 12.2 Å². The highest BCUT2D eigenvalue weighted by Crippen LogP contribution is 2.30. The van der Waals surface area contributed by atoms with E-state index in [1.54, 1.807) is 0 Å². The molecular weight excluding hydrogens is 304 g/mol. The van der Waals surface area contributed by atoms with E-state index in [4.69, 9.17) is 0 Å². The second-order valence-electron chi connectivity index (χ2n) is 7.88. The molecule has 3 rings (SSSR count). The molecule has 1 heteroatoms. The van der Waals surface area contributed by atoms with Crippen LogP contribution in [0.3, 0.4) is 0 Å². The van der Waals surface area contributed by atoms with Gasteiger partial charge in [-0.15, -0.1) is 0 Å². The Morgan fingerprint density at radius 3 is 1.48 bits per heavy atom. The van der Waals surface area contributed by atoms with Crippen molar-refractivity contribution in [1.82, 2.24) is 0 Å². The fourth-order valence-electron chi connectivity index (χ4n) is 4.03. The van der Waals surface area contributed by atoms with Gasteiger partial charge in [0.15, 0.2) is 0 Å². The van der Waals surface area contributed by atoms with Gasteiger partial charge < -0.3 is 0 Å². The maximum atomic E-state index is 10.6. The first-order valence-corrected chi connectivity index (χ1v) is 10.3. The summed E-state index contributed by atoms with van der Waals surface area (Å²) < 4.78 is 0. The van der Waals surface area contributed by atoms with E-state index in [1.807, 2.05) is 0 Å². The van der Waals surface area contributed by atoms with Gasteiger partial charge in [-0.1, -0.05) is 92.7 Å². The zero-order chi connectivity index (χ0) is 17.1. The summed E-state index contributed by atoms with van der Waals surface area (Å²) in [7, 11) is 0. The molecule has 0 aliphatic heterocycles. The largest absolute Gasteiger partial charge is 0.300 e. The summed E-state index contributed by atoms with van der Waals surface area (Å²) in [6.45, 7) is 10.7. The minimum Gasteiger partial charge on any atom is -0.300 e. The van der Waals surface area contributed by atoms with Crippen LogP contribution in [0.25, 0.3) is 0 Å². The van der Waals surface area contributed by atoms with Crippen molar-refractivity contribution in [1.29, 1.82) is 0 Å². The third-order valence-electron chi connectivity index (χ3n) is 6.04. The fraction of sp³-hybridized carbons (Fsp3) is 0.875. The van der Waals surface area contributed by atoms with Gasteiger partial charge in [-0.3, -0.25) is 4.79 Å². The Kier molecular flexibility index (Phi) is 16.7. The molecular formula is C24H48O. The molecule has 0 N–H and O–H groups in total. The highest BCUT2D eigenvalue weighted by atomic mass is 16.1. The molecule has 150 valence electrons. The summed E-state index contributed by atoms with van der Waals surface area (Å²) in [5, 5.41) is 0. The number of hydrogen-bond donors (Lipinski definition) is 0. The van der Waals surface area contributed by atoms with Crippen molar-refractivity contribution < 1.29 is 4.79 Å². The van der Waals surface area contributed by atoms with Crippen molar-refractivity contribution in [3.8, 4) is 0 Å². The summed E-state index contributed by atoms with van der Waals surface area (Å²) in [6, 6.07) is 0. The molecule has 1 nitrogen and oxygen atoms in total. The lowest BCUT2D eigenvalue weighted by atomic mass is 10.1. The molecule has 2 unspecified atom stereocenters. The van der Waals surface area contributed by atoms with Crippen LogP contribution in [0.2, 0.25) is 0 Å². The molecule has 0 saturated heterocycles. The molecule has 25 heavy (non-hydrogen) atoms. The number of hydrogen-bond acceptors (Lipinski definition) is 1. The van der Waals surface area contributed by atoms with Crippen molar-refractivity contribution in [2.75, 3.05) is 0 Å². The number of carbonyl (C=O) groups is 1. The van der Waals surface area contributed by atoms with Gasteiger partial charge in [-0.25, -0.2) is 0 Å². The molecule has 0 heterocycles. The highest BCUT2D eigenvalue weighted by Gasteiger charge is 2.19. The van der Waals surface area contributed by atoms with Crippen molar-refractivity contribution in [3.63, 3.8) is 0 Å². The molecule has 2 atom stereocenters. The Morgan fingerprint density at radius 2 is 1.24 bits per heavy atom. The molecule has 0 aromatic heterocycles. The molecule has 3 aliphatic carbocycles. The van der Waals surface area contributed by atoms with Crippen LogP contribution in [0.15, 0.2) is 12.2 Å². The Balaban J connectivity index is 0. The van der Waals surface area contributed by atoms with Crippen LogP contribution >= 0.6 is 0 Å². The lowest BCUT2D eigenvalue weighted by Gasteiger charge is -1.99. The summed E-state index contributed by atoms with van der Waals surface area (Å²) in [6.07, 6.45) is 16.8. The van der Waals surface area contributed by atoms with Crippen LogP contribution in [0.5, 0.6) is 0 Å². The average Bonchev–Trinajstić information content (AvgIpc) is 3.29. The van der Waals surface area contributed by atoms with Crippen molar-refractivity contribution >= 4 is 5.78 Å². The SMILES string of the molecule is C.C.C=C1CCC(CC)C1.CCC1CCC(=O)C1.CCC1CCCC1. The molecule has 0 aromatic carbocycles. The van der Waals surface area contributed by atoms with E-state index in [-0.39, 0.29) is 14.9 Å². The first kappa shape index (κ1) is 26.6. The highest BCUT2D eigenvalue weighted by molar-refractivity contribution is 5.80. The Hall–Kier alpha value is -0.590. The molecule has 3 fully saturated rings. The second kappa shape index (κ2) is 15.6. The normalized spacial score (nSPS) is 25.2. The number of Topliss-reactive ketones (excluding diaryl/α,β-unsaturated/α-hetero) is 1. The molecule has 3 saturated carbocycles. The van der Waals surface area contributed by atoms with Crippen LogP contribution in [0.1, 0.15) is 119 Å². The molecule has 0 bridgehead atoms. The second-order valence-corrected chi connectivity index (χ2v) is 7.88. The van der Waals surface area contributed by atoms with Gasteiger partial charge in [0.25, 0.3) is 0 Å². The molecule has 3 aliphatic rings. The van der Waals surface area contributed by atoms with E-state index in [1.165, 1.54) is 69.8 Å². The first-order valence-electron chi connectivity index (χ1n) is 10.3. The number of carbonyl (C=O) groups excluding carboxylic acids is 1. The van der Waals surface area contributed by atoms with Gasteiger partial charge in [0, 0.05) is 12.8 Å². The van der Waals surface area contributed by atoms with E-state index in [0.717, 1.165) is 37.0 Å². The van der Waals surface area contributed by atoms with E-state index in [9.17, 15) is 4.79 Å². The smallest absolute Gasteiger partial charge is 0.133 e. The fourth-order valence-corrected chi connectivity index (χ4v) is 4.03. The van der Waals surface area contributed by atoms with Crippen LogP contribution in [0, 0.1) is 17.8 Å². The predicted molar refractivity (Wildman–Crippen MR) is 115 cm³/mol. The lowest BCUT2D eigenvalue weighted by Crippen LogP contribution is -1.91. The van der Waals surface area contributed by atoms with Crippen LogP contribution in [-0.4, -0.2) is 5.78 Å². The molecule has 0 amide bonds. The Morgan fingerprint density at radius 1 is 0.760 bits per heavy atom. The summed E-state index contributed by atoms with van der Waals surface area (Å²) >= 11 is 0. The summed E-state index contributed by atoms with van der Waals surface area (Å²) in [5.74, 6) is 3.27. The van der Waals surface area contributed by atoms with Crippen LogP contribution < -0.4 is 0 Å². The predicted octanol–water partition coefficient (Wildman–Crippen LogP) is 8.38. The minimum atomic E-state index is 0. The third-order valence-corrected chi connectivity index (χ3v) is 6.04. The molecule has 0 radical (unpaired) electrons. The molecule has 0 aromatic rings. The molecule has 0 spiro atoms. The maximum absolute atomic E-state index is 10.6. The van der Waals surface area contributed by atoms with Gasteiger partial charge in [-0.05, 0) is 43.4 Å². The first-order chi connectivity index (χ1) is 11.1. The van der Waals surface area contributed by atoms with Gasteiger partial charge in [-0.2, -0.15) is 0 Å². The van der Waals surface area contributed by atoms with Gasteiger partial charge >= 0.3 is 0 Å². The van der Waals surface area contributed by atoms with Crippen molar-refractivity contribution in [2.24, 2.45) is 17.8 Å². The zero-order valence-electron chi connectivity index (χ0n) is 16.0. The minimum absolute atomic E-state index is 0. The van der Waals surface area contributed by atoms with Crippen LogP contribution in [-0.2, 0) is 4.79 Å². The number of allylic oxidation sites excluding steroid dienone is 1. The monoisotopic (exact) mass is 352 g/mol. The Labute approximate surface area is 160 Å². The van der Waals surface area contributed by atoms with Gasteiger partial charge in [0.2, 0.25) is 0 Å². The lowest BCUT2D eigenvalue weighted by molar-refractivity contribution is -0.117. The zero-order valence-corrected chi connectivity index (χ0v) is 16.0. The number of rotatable bonds is 3. The average molecular weight is 353 g/mol. The van der Waals surface area contributed by atoms with Gasteiger partial charge in [0.05, 0.1) is 0 Å². The third kappa shape index (κ3) is 11.6. The quantitative estimate of drug-likeness (QED) is 0.466. The standard InChI is InChI=1S/C8H14.C7H12O.C7H14.2CH4/c1-3-8-5-4-7(2)6-8;1-2-6-3-4-7(8)5-6;1-2-7-5-3-4-6-7;;/h8H,2-6H2,1H3;6H,2-5H2,1H3;7H,2-6H2,1H3;2*1H4. The van der Waals surface area contributed by atoms with Crippen LogP contribution in [0.4, 0.5) is 0 Å². The maximum Gasteiger partial charge on any atom is 0.133 e. The summed E-state index contributed by atoms with van der Waals surface area (Å²) in [4.78, 5) is 10.6. The topological polar surface area (TPSA) is 17.1 Å². The van der Waals surface area contributed by atoms with E-state index < -0.39 is 0 Å². The van der Waals surface area contributed by atoms with E-state index in [2.05, 4.69) is 27.4 Å².